The van der Waals surface area contributed by atoms with Crippen LogP contribution in [0.25, 0.3) is 21.3 Å². The molecule has 2 N–H and O–H groups in total. The largest absolute Gasteiger partial charge is 0.496 e. The van der Waals surface area contributed by atoms with Crippen molar-refractivity contribution in [3.05, 3.63) is 72.0 Å². The molecule has 1 amide bonds. The number of hydrogen-bond acceptors (Lipinski definition) is 6. The summed E-state index contributed by atoms with van der Waals surface area (Å²) < 4.78 is 19.7. The van der Waals surface area contributed by atoms with Crippen molar-refractivity contribution < 1.29 is 23.8 Å². The fourth-order valence-corrected chi connectivity index (χ4v) is 5.20. The number of anilines is 2. The Bertz CT molecular complexity index is 1420. The van der Waals surface area contributed by atoms with E-state index in [9.17, 15) is 19.1 Å². The number of amides is 1. The molecule has 0 radical (unpaired) electrons. The van der Waals surface area contributed by atoms with Crippen molar-refractivity contribution in [1.82, 2.24) is 9.88 Å². The van der Waals surface area contributed by atoms with E-state index in [2.05, 4.69) is 10.3 Å². The number of carboxylic acid groups (broad SMARTS) is 1. The second-order valence-electron chi connectivity index (χ2n) is 8.24. The summed E-state index contributed by atoms with van der Waals surface area (Å²) in [7, 11) is 1.49. The highest BCUT2D eigenvalue weighted by Gasteiger charge is 2.35. The van der Waals surface area contributed by atoms with Gasteiger partial charge in [-0.25, -0.2) is 14.2 Å². The van der Waals surface area contributed by atoms with Crippen molar-refractivity contribution in [3.63, 3.8) is 0 Å². The molecule has 0 bridgehead atoms. The molecule has 178 valence electrons. The molecule has 1 aliphatic rings. The molecule has 0 saturated carbocycles. The zero-order chi connectivity index (χ0) is 24.5. The highest BCUT2D eigenvalue weighted by Crippen LogP contribution is 2.32. The number of hydrogen-bond donors (Lipinski definition) is 2. The smallest absolute Gasteiger partial charge is 0.326 e. The first-order chi connectivity index (χ1) is 16.9. The number of nitrogens with one attached hydrogen (secondary N) is 1. The average Bonchev–Trinajstić information content (AvgIpc) is 3.50. The van der Waals surface area contributed by atoms with Crippen molar-refractivity contribution in [1.29, 1.82) is 0 Å². The molecule has 35 heavy (non-hydrogen) atoms. The quantitative estimate of drug-likeness (QED) is 0.368. The van der Waals surface area contributed by atoms with E-state index in [1.807, 2.05) is 30.3 Å². The number of aromatic nitrogens is 1. The number of likely N-dealkylation sites (tertiary alicyclic amines) is 1. The van der Waals surface area contributed by atoms with Gasteiger partial charge < -0.3 is 20.1 Å². The first-order valence-corrected chi connectivity index (χ1v) is 11.9. The summed E-state index contributed by atoms with van der Waals surface area (Å²) in [6.45, 7) is 0.415. The summed E-state index contributed by atoms with van der Waals surface area (Å²) in [4.78, 5) is 30.4. The highest BCUT2D eigenvalue weighted by molar-refractivity contribution is 7.22. The summed E-state index contributed by atoms with van der Waals surface area (Å²) in [6.07, 6.45) is 1.12. The predicted octanol–water partition coefficient (Wildman–Crippen LogP) is 5.54. The number of ether oxygens (including phenoxy) is 1. The normalized spacial score (nSPS) is 15.4. The van der Waals surface area contributed by atoms with E-state index in [0.29, 0.717) is 35.8 Å². The van der Waals surface area contributed by atoms with Crippen LogP contribution in [0.3, 0.4) is 0 Å². The number of nitrogens with zero attached hydrogens (tertiary/aromatic N) is 2. The molecule has 4 aromatic rings. The number of carboxylic acids is 1. The van der Waals surface area contributed by atoms with Gasteiger partial charge >= 0.3 is 5.97 Å². The van der Waals surface area contributed by atoms with Gasteiger partial charge in [0.05, 0.1) is 22.9 Å². The third kappa shape index (κ3) is 4.54. The molecule has 1 aliphatic heterocycles. The number of fused-ring (bicyclic) bond motifs is 1. The summed E-state index contributed by atoms with van der Waals surface area (Å²) in [5.74, 6) is -1.22. The maximum absolute atomic E-state index is 13.4. The zero-order valence-corrected chi connectivity index (χ0v) is 19.6. The minimum Gasteiger partial charge on any atom is -0.496 e. The van der Waals surface area contributed by atoms with Crippen LogP contribution in [0.1, 0.15) is 23.2 Å². The maximum Gasteiger partial charge on any atom is 0.326 e. The van der Waals surface area contributed by atoms with E-state index >= 15 is 0 Å². The third-order valence-corrected chi connectivity index (χ3v) is 6.98. The van der Waals surface area contributed by atoms with Crippen LogP contribution in [-0.4, -0.2) is 46.6 Å². The fraction of sp³-hybridized carbons (Fsp3) is 0.192. The Kier molecular flexibility index (Phi) is 6.08. The SMILES string of the molecule is COc1cc(-c2ccc(Nc3nc4ccc(F)cc4s3)cc2)ccc1C(=O)N1CCC[C@H]1C(=O)O. The molecular formula is C26H22FN3O4S. The molecule has 1 aromatic heterocycles. The third-order valence-electron chi connectivity index (χ3n) is 6.05. The van der Waals surface area contributed by atoms with Crippen molar-refractivity contribution >= 4 is 44.2 Å². The molecule has 2 heterocycles. The van der Waals surface area contributed by atoms with Crippen LogP contribution in [0.2, 0.25) is 0 Å². The lowest BCUT2D eigenvalue weighted by molar-refractivity contribution is -0.141. The topological polar surface area (TPSA) is 91.8 Å². The molecule has 7 nitrogen and oxygen atoms in total. The molecule has 5 rings (SSSR count). The first kappa shape index (κ1) is 22.8. The summed E-state index contributed by atoms with van der Waals surface area (Å²) in [6, 6.07) is 16.7. The van der Waals surface area contributed by atoms with Crippen LogP contribution >= 0.6 is 11.3 Å². The van der Waals surface area contributed by atoms with E-state index in [4.69, 9.17) is 4.74 Å². The van der Waals surface area contributed by atoms with Crippen molar-refractivity contribution in [2.24, 2.45) is 0 Å². The van der Waals surface area contributed by atoms with E-state index in [0.717, 1.165) is 27.0 Å². The Hall–Kier alpha value is -3.98. The molecule has 0 unspecified atom stereocenters. The lowest BCUT2D eigenvalue weighted by Crippen LogP contribution is -2.40. The van der Waals surface area contributed by atoms with Crippen LogP contribution < -0.4 is 10.1 Å². The number of aliphatic carboxylic acids is 1. The maximum atomic E-state index is 13.4. The van der Waals surface area contributed by atoms with Crippen molar-refractivity contribution in [3.8, 4) is 16.9 Å². The van der Waals surface area contributed by atoms with E-state index < -0.39 is 12.0 Å². The molecule has 3 aromatic carbocycles. The van der Waals surface area contributed by atoms with Gasteiger partial charge in [-0.3, -0.25) is 4.79 Å². The van der Waals surface area contributed by atoms with Crippen LogP contribution in [0, 0.1) is 5.82 Å². The molecule has 0 aliphatic carbocycles. The Morgan fingerprint density at radius 1 is 1.11 bits per heavy atom. The number of methoxy groups -OCH3 is 1. The second kappa shape index (κ2) is 9.34. The van der Waals surface area contributed by atoms with Gasteiger partial charge in [-0.2, -0.15) is 0 Å². The lowest BCUT2D eigenvalue weighted by Gasteiger charge is -2.22. The lowest BCUT2D eigenvalue weighted by atomic mass is 10.0. The summed E-state index contributed by atoms with van der Waals surface area (Å²) in [5.41, 5.74) is 3.69. The Morgan fingerprint density at radius 3 is 2.63 bits per heavy atom. The number of halogens is 1. The number of thiazole rings is 1. The van der Waals surface area contributed by atoms with Crippen molar-refractivity contribution in [2.45, 2.75) is 18.9 Å². The van der Waals surface area contributed by atoms with Gasteiger partial charge in [0.25, 0.3) is 5.91 Å². The summed E-state index contributed by atoms with van der Waals surface area (Å²) >= 11 is 1.38. The van der Waals surface area contributed by atoms with Crippen LogP contribution in [-0.2, 0) is 4.79 Å². The second-order valence-corrected chi connectivity index (χ2v) is 9.27. The Balaban J connectivity index is 1.35. The van der Waals surface area contributed by atoms with Gasteiger partial charge in [-0.05, 0) is 66.4 Å². The average molecular weight is 492 g/mol. The molecule has 0 spiro atoms. The van der Waals surface area contributed by atoms with Gasteiger partial charge in [0.2, 0.25) is 0 Å². The van der Waals surface area contributed by atoms with E-state index in [-0.39, 0.29) is 11.7 Å². The standard InChI is InChI=1S/C26H22FN3O4S/c1-34-22-13-16(6-10-19(22)24(31)30-12-2-3-21(30)25(32)33)15-4-8-18(9-5-15)28-26-29-20-11-7-17(27)14-23(20)35-26/h4-11,13-14,21H,2-3,12H2,1H3,(H,28,29)(H,32,33)/t21-/m0/s1. The van der Waals surface area contributed by atoms with E-state index in [1.165, 1.54) is 35.5 Å². The van der Waals surface area contributed by atoms with E-state index in [1.54, 1.807) is 18.2 Å². The van der Waals surface area contributed by atoms with Gasteiger partial charge in [-0.15, -0.1) is 0 Å². The van der Waals surface area contributed by atoms with Crippen LogP contribution in [0.5, 0.6) is 5.75 Å². The summed E-state index contributed by atoms with van der Waals surface area (Å²) in [5, 5.41) is 13.3. The van der Waals surface area contributed by atoms with Crippen LogP contribution in [0.15, 0.2) is 60.7 Å². The van der Waals surface area contributed by atoms with Gasteiger partial charge in [0.1, 0.15) is 17.6 Å². The molecule has 1 saturated heterocycles. The number of carbonyl (C=O) groups excluding carboxylic acids is 1. The minimum absolute atomic E-state index is 0.290. The fourth-order valence-electron chi connectivity index (χ4n) is 4.29. The predicted molar refractivity (Wildman–Crippen MR) is 133 cm³/mol. The first-order valence-electron chi connectivity index (χ1n) is 11.1. The Morgan fingerprint density at radius 2 is 1.89 bits per heavy atom. The van der Waals surface area contributed by atoms with Crippen LogP contribution in [0.4, 0.5) is 15.2 Å². The van der Waals surface area contributed by atoms with Gasteiger partial charge in [0, 0.05) is 12.2 Å². The highest BCUT2D eigenvalue weighted by atomic mass is 32.1. The molecule has 1 fully saturated rings. The minimum atomic E-state index is -0.988. The van der Waals surface area contributed by atoms with Gasteiger partial charge in [0.15, 0.2) is 5.13 Å². The molecule has 1 atom stereocenters. The monoisotopic (exact) mass is 491 g/mol. The number of benzene rings is 3. The number of carbonyl (C=O) groups is 2. The van der Waals surface area contributed by atoms with Crippen molar-refractivity contribution in [2.75, 3.05) is 19.0 Å². The molecular weight excluding hydrogens is 469 g/mol. The van der Waals surface area contributed by atoms with Gasteiger partial charge in [-0.1, -0.05) is 29.5 Å². The number of rotatable bonds is 6. The zero-order valence-electron chi connectivity index (χ0n) is 18.8. The Labute approximate surface area is 204 Å². The molecule has 9 heteroatoms.